The fourth-order valence-electron chi connectivity index (χ4n) is 1.65. The molecule has 0 fully saturated rings. The van der Waals surface area contributed by atoms with Crippen molar-refractivity contribution in [3.8, 4) is 0 Å². The Kier molecular flexibility index (Phi) is 3.02. The molecule has 3 heteroatoms. The lowest BCUT2D eigenvalue weighted by Crippen LogP contribution is -2.41. The van der Waals surface area contributed by atoms with Crippen LogP contribution in [0.25, 0.3) is 0 Å². The molecule has 1 aromatic rings. The van der Waals surface area contributed by atoms with Crippen molar-refractivity contribution in [2.45, 2.75) is 19.4 Å². The van der Waals surface area contributed by atoms with Gasteiger partial charge in [0.1, 0.15) is 0 Å². The van der Waals surface area contributed by atoms with Crippen LogP contribution in [-0.4, -0.2) is 5.11 Å². The van der Waals surface area contributed by atoms with Crippen LogP contribution >= 0.6 is 12.2 Å². The number of benzene rings is 1. The van der Waals surface area contributed by atoms with E-state index in [1.165, 1.54) is 11.3 Å². The number of rotatable bonds is 2. The van der Waals surface area contributed by atoms with Crippen molar-refractivity contribution >= 4 is 17.3 Å². The molecule has 78 valence electrons. The first-order chi connectivity index (χ1) is 7.29. The minimum Gasteiger partial charge on any atom is -0.352 e. The summed E-state index contributed by atoms with van der Waals surface area (Å²) in [5.41, 5.74) is 2.43. The van der Waals surface area contributed by atoms with Crippen LogP contribution in [0.3, 0.4) is 0 Å². The van der Waals surface area contributed by atoms with Gasteiger partial charge < -0.3 is 10.6 Å². The van der Waals surface area contributed by atoms with E-state index in [1.807, 2.05) is 18.2 Å². The van der Waals surface area contributed by atoms with Crippen molar-refractivity contribution in [3.05, 3.63) is 47.7 Å². The molecular formula is C12H14N2S. The maximum absolute atomic E-state index is 5.16. The first-order valence-corrected chi connectivity index (χ1v) is 5.53. The van der Waals surface area contributed by atoms with Gasteiger partial charge in [0.2, 0.25) is 0 Å². The Morgan fingerprint density at radius 1 is 1.27 bits per heavy atom. The van der Waals surface area contributed by atoms with Crippen molar-refractivity contribution in [1.29, 1.82) is 0 Å². The molecule has 0 saturated carbocycles. The molecule has 2 nitrogen and oxygen atoms in total. The van der Waals surface area contributed by atoms with Crippen molar-refractivity contribution in [3.63, 3.8) is 0 Å². The Bertz CT molecular complexity index is 384. The van der Waals surface area contributed by atoms with Crippen molar-refractivity contribution < 1.29 is 0 Å². The van der Waals surface area contributed by atoms with Crippen molar-refractivity contribution in [1.82, 2.24) is 10.6 Å². The van der Waals surface area contributed by atoms with Gasteiger partial charge in [-0.15, -0.1) is 0 Å². The Morgan fingerprint density at radius 2 is 2.00 bits per heavy atom. The lowest BCUT2D eigenvalue weighted by atomic mass is 10.0. The minimum atomic E-state index is 0.204. The van der Waals surface area contributed by atoms with Gasteiger partial charge in [-0.3, -0.25) is 0 Å². The van der Waals surface area contributed by atoms with E-state index in [4.69, 9.17) is 12.2 Å². The molecule has 1 aliphatic rings. The first kappa shape index (κ1) is 10.2. The van der Waals surface area contributed by atoms with Gasteiger partial charge in [0.25, 0.3) is 0 Å². The second kappa shape index (κ2) is 4.45. The Morgan fingerprint density at radius 3 is 2.67 bits per heavy atom. The maximum atomic E-state index is 5.16. The molecule has 0 aromatic heterocycles. The number of allylic oxidation sites excluding steroid dienone is 1. The van der Waals surface area contributed by atoms with Gasteiger partial charge in [0, 0.05) is 5.70 Å². The summed E-state index contributed by atoms with van der Waals surface area (Å²) in [7, 11) is 0. The lowest BCUT2D eigenvalue weighted by molar-refractivity contribution is 0.724. The smallest absolute Gasteiger partial charge is 0.171 e. The highest BCUT2D eigenvalue weighted by Crippen LogP contribution is 2.18. The summed E-state index contributed by atoms with van der Waals surface area (Å²) >= 11 is 5.16. The monoisotopic (exact) mass is 218 g/mol. The second-order valence-corrected chi connectivity index (χ2v) is 3.94. The summed E-state index contributed by atoms with van der Waals surface area (Å²) in [6.07, 6.45) is 3.16. The van der Waals surface area contributed by atoms with Gasteiger partial charge in [-0.05, 0) is 30.3 Å². The fourth-order valence-corrected chi connectivity index (χ4v) is 1.91. The van der Waals surface area contributed by atoms with Gasteiger partial charge in [0.05, 0.1) is 6.04 Å². The van der Waals surface area contributed by atoms with Gasteiger partial charge in [-0.1, -0.05) is 37.3 Å². The molecule has 0 amide bonds. The summed E-state index contributed by atoms with van der Waals surface area (Å²) in [6.45, 7) is 2.12. The average Bonchev–Trinajstić information content (AvgIpc) is 2.29. The highest BCUT2D eigenvalue weighted by Gasteiger charge is 2.15. The largest absolute Gasteiger partial charge is 0.352 e. The van der Waals surface area contributed by atoms with Gasteiger partial charge in [-0.25, -0.2) is 0 Å². The molecular weight excluding hydrogens is 204 g/mol. The molecule has 0 saturated heterocycles. The van der Waals surface area contributed by atoms with E-state index in [0.29, 0.717) is 5.11 Å². The third-order valence-electron chi connectivity index (χ3n) is 2.47. The van der Waals surface area contributed by atoms with Gasteiger partial charge in [-0.2, -0.15) is 0 Å². The molecule has 1 heterocycles. The van der Waals surface area contributed by atoms with Crippen molar-refractivity contribution in [2.24, 2.45) is 0 Å². The van der Waals surface area contributed by atoms with Crippen LogP contribution in [0.2, 0.25) is 0 Å². The summed E-state index contributed by atoms with van der Waals surface area (Å²) < 4.78 is 0. The van der Waals surface area contributed by atoms with Crippen LogP contribution < -0.4 is 10.6 Å². The zero-order valence-electron chi connectivity index (χ0n) is 8.66. The van der Waals surface area contributed by atoms with Crippen LogP contribution in [0.15, 0.2) is 42.1 Å². The predicted molar refractivity (Wildman–Crippen MR) is 66.4 cm³/mol. The van der Waals surface area contributed by atoms with Crippen LogP contribution in [0, 0.1) is 0 Å². The van der Waals surface area contributed by atoms with Gasteiger partial charge >= 0.3 is 0 Å². The predicted octanol–water partition coefficient (Wildman–Crippen LogP) is 2.50. The van der Waals surface area contributed by atoms with Crippen LogP contribution in [-0.2, 0) is 0 Å². The molecule has 1 aliphatic heterocycles. The molecule has 2 rings (SSSR count). The van der Waals surface area contributed by atoms with Crippen molar-refractivity contribution in [2.75, 3.05) is 0 Å². The summed E-state index contributed by atoms with van der Waals surface area (Å²) in [5, 5.41) is 7.10. The Labute approximate surface area is 95.4 Å². The molecule has 0 aliphatic carbocycles. The molecule has 2 N–H and O–H groups in total. The normalized spacial score (nSPS) is 20.2. The third kappa shape index (κ3) is 2.36. The Hall–Kier alpha value is -1.35. The van der Waals surface area contributed by atoms with E-state index in [1.54, 1.807) is 0 Å². The van der Waals surface area contributed by atoms with Gasteiger partial charge in [0.15, 0.2) is 5.11 Å². The van der Waals surface area contributed by atoms with E-state index in [9.17, 15) is 0 Å². The first-order valence-electron chi connectivity index (χ1n) is 5.12. The molecule has 0 radical (unpaired) electrons. The van der Waals surface area contributed by atoms with E-state index in [2.05, 4.69) is 35.8 Å². The summed E-state index contributed by atoms with van der Waals surface area (Å²) in [5.74, 6) is 0. The number of thiocarbonyl (C=S) groups is 1. The van der Waals surface area contributed by atoms with Crippen LogP contribution in [0.4, 0.5) is 0 Å². The molecule has 15 heavy (non-hydrogen) atoms. The molecule has 0 spiro atoms. The number of nitrogens with one attached hydrogen (secondary N) is 2. The van der Waals surface area contributed by atoms with E-state index in [0.717, 1.165) is 6.42 Å². The molecule has 0 unspecified atom stereocenters. The highest BCUT2D eigenvalue weighted by molar-refractivity contribution is 7.80. The zero-order valence-corrected chi connectivity index (χ0v) is 9.47. The fraction of sp³-hybridized carbons (Fsp3) is 0.250. The topological polar surface area (TPSA) is 24.1 Å². The highest BCUT2D eigenvalue weighted by atomic mass is 32.1. The second-order valence-electron chi connectivity index (χ2n) is 3.53. The number of hydrogen-bond donors (Lipinski definition) is 2. The van der Waals surface area contributed by atoms with E-state index >= 15 is 0 Å². The molecule has 1 atom stereocenters. The molecule has 0 bridgehead atoms. The maximum Gasteiger partial charge on any atom is 0.171 e. The number of hydrogen-bond acceptors (Lipinski definition) is 1. The Balaban J connectivity index is 2.26. The SMILES string of the molecule is CCC1=C[C@@H](c2ccccc2)NC(=S)N1. The minimum absolute atomic E-state index is 0.204. The summed E-state index contributed by atoms with van der Waals surface area (Å²) in [4.78, 5) is 0. The quantitative estimate of drug-likeness (QED) is 0.746. The molecule has 1 aromatic carbocycles. The summed E-state index contributed by atoms with van der Waals surface area (Å²) in [6, 6.07) is 10.5. The van der Waals surface area contributed by atoms with Crippen LogP contribution in [0.5, 0.6) is 0 Å². The average molecular weight is 218 g/mol. The lowest BCUT2D eigenvalue weighted by Gasteiger charge is -2.25. The van der Waals surface area contributed by atoms with E-state index < -0.39 is 0 Å². The van der Waals surface area contributed by atoms with E-state index in [-0.39, 0.29) is 6.04 Å². The van der Waals surface area contributed by atoms with Crippen LogP contribution in [0.1, 0.15) is 24.9 Å². The zero-order chi connectivity index (χ0) is 10.7. The third-order valence-corrected chi connectivity index (χ3v) is 2.69. The standard InChI is InChI=1S/C12H14N2S/c1-2-10-8-11(14-12(15)13-10)9-6-4-3-5-7-9/h3-8,11H,2H2,1H3,(H2,13,14,15)/t11-/m0/s1.